The average molecular weight is 263 g/mol. The lowest BCUT2D eigenvalue weighted by Gasteiger charge is -2.08. The summed E-state index contributed by atoms with van der Waals surface area (Å²) in [4.78, 5) is 12.8. The molecule has 3 rings (SSSR count). The fourth-order valence-corrected chi connectivity index (χ4v) is 1.94. The molecule has 1 aromatic carbocycles. The van der Waals surface area contributed by atoms with Crippen LogP contribution < -0.4 is 4.90 Å². The predicted molar refractivity (Wildman–Crippen MR) is 62.7 cm³/mol. The summed E-state index contributed by atoms with van der Waals surface area (Å²) in [5.74, 6) is -0.560. The number of carbonyl (C=O) groups excluding carboxylic acids is 1. The van der Waals surface area contributed by atoms with E-state index in [0.29, 0.717) is 5.56 Å². The molecular weight excluding hydrogens is 253 g/mol. The van der Waals surface area contributed by atoms with Gasteiger partial charge in [-0.05, 0) is 18.2 Å². The van der Waals surface area contributed by atoms with Crippen LogP contribution in [-0.2, 0) is 4.79 Å². The summed E-state index contributed by atoms with van der Waals surface area (Å²) < 4.78 is 18.4. The highest BCUT2D eigenvalue weighted by molar-refractivity contribution is 5.94. The van der Waals surface area contributed by atoms with Crippen molar-refractivity contribution >= 4 is 11.9 Å². The highest BCUT2D eigenvalue weighted by Crippen LogP contribution is 2.25. The molecule has 1 atom stereocenters. The summed E-state index contributed by atoms with van der Waals surface area (Å²) in [6.07, 6.45) is -0.686. The third-order valence-electron chi connectivity index (χ3n) is 2.82. The molecule has 1 aliphatic rings. The number of aromatic nitrogens is 2. The van der Waals surface area contributed by atoms with Crippen molar-refractivity contribution in [3.8, 4) is 11.5 Å². The summed E-state index contributed by atoms with van der Waals surface area (Å²) in [6.45, 7) is 0.129. The first-order valence-corrected chi connectivity index (χ1v) is 5.71. The van der Waals surface area contributed by atoms with Crippen LogP contribution in [0, 0.1) is 5.82 Å². The monoisotopic (exact) mass is 263 g/mol. The number of halogens is 1. The minimum atomic E-state index is -0.725. The Kier molecular flexibility index (Phi) is 2.75. The van der Waals surface area contributed by atoms with E-state index in [2.05, 4.69) is 10.2 Å². The van der Waals surface area contributed by atoms with Crippen LogP contribution >= 0.6 is 0 Å². The lowest BCUT2D eigenvalue weighted by Crippen LogP contribution is -2.25. The lowest BCUT2D eigenvalue weighted by molar-refractivity contribution is -0.117. The molecule has 19 heavy (non-hydrogen) atoms. The summed E-state index contributed by atoms with van der Waals surface area (Å²) in [5, 5.41) is 16.9. The van der Waals surface area contributed by atoms with Gasteiger partial charge in [0.2, 0.25) is 11.8 Å². The normalized spacial score (nSPS) is 19.2. The topological polar surface area (TPSA) is 79.5 Å². The molecule has 1 saturated heterocycles. The predicted octanol–water partition coefficient (Wildman–Crippen LogP) is 0.973. The second kappa shape index (κ2) is 4.43. The van der Waals surface area contributed by atoms with Crippen LogP contribution in [0.3, 0.4) is 0 Å². The number of hydrogen-bond donors (Lipinski definition) is 1. The number of anilines is 1. The van der Waals surface area contributed by atoms with Gasteiger partial charge in [0.1, 0.15) is 5.82 Å². The number of aliphatic hydroxyl groups excluding tert-OH is 1. The van der Waals surface area contributed by atoms with E-state index in [0.717, 1.165) is 0 Å². The molecule has 6 nitrogen and oxygen atoms in total. The van der Waals surface area contributed by atoms with Crippen molar-refractivity contribution in [3.05, 3.63) is 30.1 Å². The molecule has 2 heterocycles. The molecule has 0 bridgehead atoms. The Balaban J connectivity index is 1.90. The molecule has 1 aliphatic heterocycles. The van der Waals surface area contributed by atoms with Crippen molar-refractivity contribution in [3.63, 3.8) is 0 Å². The van der Waals surface area contributed by atoms with Crippen LogP contribution in [0.4, 0.5) is 10.4 Å². The number of benzene rings is 1. The van der Waals surface area contributed by atoms with Crippen molar-refractivity contribution < 1.29 is 18.7 Å². The van der Waals surface area contributed by atoms with Gasteiger partial charge in [-0.15, -0.1) is 5.10 Å². The van der Waals surface area contributed by atoms with E-state index < -0.39 is 11.9 Å². The van der Waals surface area contributed by atoms with Gasteiger partial charge in [-0.3, -0.25) is 9.69 Å². The first-order chi connectivity index (χ1) is 9.13. The second-order valence-electron chi connectivity index (χ2n) is 4.26. The van der Waals surface area contributed by atoms with Gasteiger partial charge in [0.05, 0.1) is 19.1 Å². The maximum atomic E-state index is 13.1. The minimum Gasteiger partial charge on any atom is -0.403 e. The van der Waals surface area contributed by atoms with Gasteiger partial charge in [0.15, 0.2) is 0 Å². The minimum absolute atomic E-state index is 0.0146. The first-order valence-electron chi connectivity index (χ1n) is 5.71. The molecule has 1 N–H and O–H groups in total. The Bertz CT molecular complexity index is 628. The van der Waals surface area contributed by atoms with Crippen LogP contribution in [0.25, 0.3) is 11.5 Å². The Morgan fingerprint density at radius 3 is 2.95 bits per heavy atom. The fourth-order valence-electron chi connectivity index (χ4n) is 1.94. The standard InChI is InChI=1S/C12H10FN3O3/c13-8-3-1-2-7(4-8)11-14-15-12(19-11)16-6-9(17)5-10(16)18/h1-4,9,17H,5-6H2. The number of aliphatic hydroxyl groups is 1. The molecule has 7 heteroatoms. The third kappa shape index (κ3) is 2.19. The smallest absolute Gasteiger partial charge is 0.325 e. The number of amides is 1. The van der Waals surface area contributed by atoms with Gasteiger partial charge in [0, 0.05) is 5.56 Å². The van der Waals surface area contributed by atoms with E-state index in [9.17, 15) is 14.3 Å². The van der Waals surface area contributed by atoms with Crippen molar-refractivity contribution in [2.45, 2.75) is 12.5 Å². The molecule has 0 saturated carbocycles. The van der Waals surface area contributed by atoms with E-state index >= 15 is 0 Å². The molecule has 0 spiro atoms. The van der Waals surface area contributed by atoms with Crippen molar-refractivity contribution in [1.82, 2.24) is 10.2 Å². The fraction of sp³-hybridized carbons (Fsp3) is 0.250. The van der Waals surface area contributed by atoms with Crippen LogP contribution in [0.2, 0.25) is 0 Å². The van der Waals surface area contributed by atoms with Gasteiger partial charge in [-0.2, -0.15) is 0 Å². The zero-order chi connectivity index (χ0) is 13.4. The molecule has 1 amide bonds. The van der Waals surface area contributed by atoms with Crippen LogP contribution in [0.15, 0.2) is 28.7 Å². The number of β-amino-alcohol motifs (C(OH)–C–C–N with tert-alkyl or cyclic N) is 1. The average Bonchev–Trinajstić information content (AvgIpc) is 2.96. The Morgan fingerprint density at radius 1 is 1.42 bits per heavy atom. The van der Waals surface area contributed by atoms with Crippen molar-refractivity contribution in [2.24, 2.45) is 0 Å². The molecule has 2 aromatic rings. The molecule has 1 unspecified atom stereocenters. The van der Waals surface area contributed by atoms with Gasteiger partial charge in [0.25, 0.3) is 0 Å². The zero-order valence-electron chi connectivity index (χ0n) is 9.78. The Labute approximate surface area is 107 Å². The summed E-state index contributed by atoms with van der Waals surface area (Å²) in [5.41, 5.74) is 0.436. The molecular formula is C12H10FN3O3. The SMILES string of the molecule is O=C1CC(O)CN1c1nnc(-c2cccc(F)c2)o1. The van der Waals surface area contributed by atoms with E-state index in [1.165, 1.54) is 23.1 Å². The lowest BCUT2D eigenvalue weighted by atomic mass is 10.2. The number of carbonyl (C=O) groups is 1. The van der Waals surface area contributed by atoms with Gasteiger partial charge in [-0.1, -0.05) is 11.2 Å². The summed E-state index contributed by atoms with van der Waals surface area (Å²) in [7, 11) is 0. The maximum absolute atomic E-state index is 13.1. The highest BCUT2D eigenvalue weighted by Gasteiger charge is 2.32. The quantitative estimate of drug-likeness (QED) is 0.873. The first kappa shape index (κ1) is 11.8. The Morgan fingerprint density at radius 2 is 2.26 bits per heavy atom. The largest absolute Gasteiger partial charge is 0.403 e. The zero-order valence-corrected chi connectivity index (χ0v) is 9.78. The van der Waals surface area contributed by atoms with Crippen LogP contribution in [0.5, 0.6) is 0 Å². The van der Waals surface area contributed by atoms with Gasteiger partial charge in [-0.25, -0.2) is 4.39 Å². The molecule has 0 aliphatic carbocycles. The van der Waals surface area contributed by atoms with Gasteiger partial charge < -0.3 is 9.52 Å². The van der Waals surface area contributed by atoms with Crippen LogP contribution in [-0.4, -0.2) is 33.9 Å². The Hall–Kier alpha value is -2.28. The third-order valence-corrected chi connectivity index (χ3v) is 2.82. The molecule has 0 radical (unpaired) electrons. The van der Waals surface area contributed by atoms with Gasteiger partial charge >= 0.3 is 6.01 Å². The van der Waals surface area contributed by atoms with Crippen molar-refractivity contribution in [1.29, 1.82) is 0 Å². The number of hydrogen-bond acceptors (Lipinski definition) is 5. The van der Waals surface area contributed by atoms with E-state index in [1.54, 1.807) is 6.07 Å². The molecule has 1 aromatic heterocycles. The van der Waals surface area contributed by atoms with Crippen LogP contribution in [0.1, 0.15) is 6.42 Å². The van der Waals surface area contributed by atoms with E-state index in [4.69, 9.17) is 4.42 Å². The molecule has 98 valence electrons. The maximum Gasteiger partial charge on any atom is 0.325 e. The van der Waals surface area contributed by atoms with Crippen molar-refractivity contribution in [2.75, 3.05) is 11.4 Å². The number of rotatable bonds is 2. The highest BCUT2D eigenvalue weighted by atomic mass is 19.1. The van der Waals surface area contributed by atoms with E-state index in [-0.39, 0.29) is 30.8 Å². The van der Waals surface area contributed by atoms with E-state index in [1.807, 2.05) is 0 Å². The number of nitrogens with zero attached hydrogens (tertiary/aromatic N) is 3. The molecule has 1 fully saturated rings. The summed E-state index contributed by atoms with van der Waals surface area (Å²) in [6, 6.07) is 5.74. The summed E-state index contributed by atoms with van der Waals surface area (Å²) >= 11 is 0. The second-order valence-corrected chi connectivity index (χ2v) is 4.26.